The normalized spacial score (nSPS) is 11.0. The average molecular weight is 489 g/mol. The van der Waals surface area contributed by atoms with E-state index in [4.69, 9.17) is 4.42 Å². The highest BCUT2D eigenvalue weighted by molar-refractivity contribution is 5.96. The SMILES string of the molecule is CCCCCCc1ccc(C(=O)N(CC(=O)N(Cc2ccccc2)Cc2ccc(C)o2)C(C)C)cc1. The first kappa shape index (κ1) is 27.3. The van der Waals surface area contributed by atoms with Crippen LogP contribution in [0.15, 0.2) is 71.1 Å². The van der Waals surface area contributed by atoms with E-state index >= 15 is 0 Å². The molecule has 192 valence electrons. The lowest BCUT2D eigenvalue weighted by atomic mass is 10.0. The molecule has 36 heavy (non-hydrogen) atoms. The van der Waals surface area contributed by atoms with E-state index in [0.717, 1.165) is 23.5 Å². The van der Waals surface area contributed by atoms with Crippen LogP contribution in [0.2, 0.25) is 0 Å². The van der Waals surface area contributed by atoms with Crippen molar-refractivity contribution >= 4 is 11.8 Å². The van der Waals surface area contributed by atoms with Gasteiger partial charge in [-0.1, -0.05) is 68.7 Å². The van der Waals surface area contributed by atoms with Crippen LogP contribution in [0.5, 0.6) is 0 Å². The van der Waals surface area contributed by atoms with Gasteiger partial charge in [0.15, 0.2) is 0 Å². The topological polar surface area (TPSA) is 53.8 Å². The molecule has 2 aromatic carbocycles. The molecule has 0 saturated heterocycles. The maximum atomic E-state index is 13.5. The third-order valence-electron chi connectivity index (χ3n) is 6.42. The number of carbonyl (C=O) groups excluding carboxylic acids is 2. The quantitative estimate of drug-likeness (QED) is 0.249. The van der Waals surface area contributed by atoms with Gasteiger partial charge in [-0.15, -0.1) is 0 Å². The van der Waals surface area contributed by atoms with Crippen molar-refractivity contribution in [3.63, 3.8) is 0 Å². The number of carbonyl (C=O) groups is 2. The first-order valence-electron chi connectivity index (χ1n) is 13.1. The second-order valence-corrected chi connectivity index (χ2v) is 9.78. The number of furan rings is 1. The third kappa shape index (κ3) is 8.11. The Hall–Kier alpha value is -3.34. The third-order valence-corrected chi connectivity index (χ3v) is 6.42. The number of aryl methyl sites for hydroxylation is 2. The van der Waals surface area contributed by atoms with Crippen LogP contribution in [0.25, 0.3) is 0 Å². The minimum Gasteiger partial charge on any atom is -0.464 e. The van der Waals surface area contributed by atoms with Crippen LogP contribution in [0, 0.1) is 6.92 Å². The molecule has 1 aromatic heterocycles. The molecular formula is C31H40N2O3. The molecule has 0 unspecified atom stereocenters. The lowest BCUT2D eigenvalue weighted by Gasteiger charge is -2.30. The number of benzene rings is 2. The van der Waals surface area contributed by atoms with Crippen molar-refractivity contribution in [3.8, 4) is 0 Å². The second kappa shape index (κ2) is 13.7. The average Bonchev–Trinajstić information content (AvgIpc) is 3.29. The number of hydrogen-bond acceptors (Lipinski definition) is 3. The number of hydrogen-bond donors (Lipinski definition) is 0. The number of nitrogens with zero attached hydrogens (tertiary/aromatic N) is 2. The largest absolute Gasteiger partial charge is 0.464 e. The molecule has 2 amide bonds. The Balaban J connectivity index is 1.71. The molecule has 0 saturated carbocycles. The second-order valence-electron chi connectivity index (χ2n) is 9.78. The minimum atomic E-state index is -0.121. The lowest BCUT2D eigenvalue weighted by molar-refractivity contribution is -0.133. The van der Waals surface area contributed by atoms with E-state index in [0.29, 0.717) is 18.7 Å². The highest BCUT2D eigenvalue weighted by atomic mass is 16.3. The Morgan fingerprint density at radius 1 is 0.833 bits per heavy atom. The van der Waals surface area contributed by atoms with Gasteiger partial charge in [-0.3, -0.25) is 9.59 Å². The van der Waals surface area contributed by atoms with Crippen molar-refractivity contribution in [2.45, 2.75) is 78.9 Å². The van der Waals surface area contributed by atoms with Crippen LogP contribution in [0.3, 0.4) is 0 Å². The molecule has 1 heterocycles. The van der Waals surface area contributed by atoms with Crippen molar-refractivity contribution < 1.29 is 14.0 Å². The summed E-state index contributed by atoms with van der Waals surface area (Å²) < 4.78 is 5.75. The van der Waals surface area contributed by atoms with Gasteiger partial charge in [0, 0.05) is 18.2 Å². The summed E-state index contributed by atoms with van der Waals surface area (Å²) in [6.07, 6.45) is 5.91. The number of unbranched alkanes of at least 4 members (excludes halogenated alkanes) is 3. The summed E-state index contributed by atoms with van der Waals surface area (Å²) in [5.41, 5.74) is 2.90. The molecule has 5 heteroatoms. The van der Waals surface area contributed by atoms with Gasteiger partial charge >= 0.3 is 0 Å². The summed E-state index contributed by atoms with van der Waals surface area (Å²) in [7, 11) is 0. The fraction of sp³-hybridized carbons (Fsp3) is 0.419. The molecule has 3 aromatic rings. The molecular weight excluding hydrogens is 448 g/mol. The van der Waals surface area contributed by atoms with Crippen molar-refractivity contribution in [3.05, 3.63) is 94.9 Å². The molecule has 0 aliphatic carbocycles. The highest BCUT2D eigenvalue weighted by Gasteiger charge is 2.25. The van der Waals surface area contributed by atoms with Gasteiger partial charge in [-0.25, -0.2) is 0 Å². The van der Waals surface area contributed by atoms with E-state index < -0.39 is 0 Å². The first-order chi connectivity index (χ1) is 17.4. The van der Waals surface area contributed by atoms with Gasteiger partial charge in [0.05, 0.1) is 6.54 Å². The molecule has 0 aliphatic heterocycles. The summed E-state index contributed by atoms with van der Waals surface area (Å²) in [6.45, 7) is 8.82. The first-order valence-corrected chi connectivity index (χ1v) is 13.1. The zero-order chi connectivity index (χ0) is 25.9. The Morgan fingerprint density at radius 2 is 1.56 bits per heavy atom. The molecule has 0 N–H and O–H groups in total. The molecule has 0 radical (unpaired) electrons. The van der Waals surface area contributed by atoms with E-state index in [1.807, 2.05) is 87.5 Å². The van der Waals surface area contributed by atoms with E-state index in [1.165, 1.54) is 31.2 Å². The minimum absolute atomic E-state index is 0.0157. The standard InChI is InChI=1S/C31H40N2O3/c1-5-6-7-9-12-26-16-18-28(19-17-26)31(35)33(24(2)3)23-30(34)32(21-27-13-10-8-11-14-27)22-29-20-15-25(4)36-29/h8,10-11,13-20,24H,5-7,9,12,21-23H2,1-4H3. The molecule has 0 spiro atoms. The van der Waals surface area contributed by atoms with Gasteiger partial charge in [-0.2, -0.15) is 0 Å². The summed E-state index contributed by atoms with van der Waals surface area (Å²) in [5.74, 6) is 1.31. The Morgan fingerprint density at radius 3 is 2.17 bits per heavy atom. The molecule has 0 aliphatic rings. The summed E-state index contributed by atoms with van der Waals surface area (Å²) in [6, 6.07) is 21.5. The smallest absolute Gasteiger partial charge is 0.254 e. The predicted molar refractivity (Wildman–Crippen MR) is 145 cm³/mol. The zero-order valence-corrected chi connectivity index (χ0v) is 22.2. The fourth-order valence-electron chi connectivity index (χ4n) is 4.26. The van der Waals surface area contributed by atoms with Crippen LogP contribution in [-0.2, 0) is 24.3 Å². The van der Waals surface area contributed by atoms with Gasteiger partial charge in [0.1, 0.15) is 18.1 Å². The summed E-state index contributed by atoms with van der Waals surface area (Å²) >= 11 is 0. The molecule has 5 nitrogen and oxygen atoms in total. The van der Waals surface area contributed by atoms with E-state index in [1.54, 1.807) is 9.80 Å². The van der Waals surface area contributed by atoms with Gasteiger partial charge in [0.2, 0.25) is 5.91 Å². The Kier molecular flexibility index (Phi) is 10.3. The van der Waals surface area contributed by atoms with Gasteiger partial charge in [-0.05, 0) is 69.0 Å². The van der Waals surface area contributed by atoms with Crippen LogP contribution >= 0.6 is 0 Å². The summed E-state index contributed by atoms with van der Waals surface area (Å²) in [5, 5.41) is 0. The molecule has 0 bridgehead atoms. The molecule has 0 fully saturated rings. The van der Waals surface area contributed by atoms with Crippen LogP contribution in [-0.4, -0.2) is 34.2 Å². The Bertz CT molecular complexity index is 1090. The molecule has 0 atom stereocenters. The van der Waals surface area contributed by atoms with Crippen molar-refractivity contribution in [2.24, 2.45) is 0 Å². The predicted octanol–water partition coefficient (Wildman–Crippen LogP) is 6.79. The van der Waals surface area contributed by atoms with E-state index in [-0.39, 0.29) is 24.4 Å². The van der Waals surface area contributed by atoms with Crippen molar-refractivity contribution in [1.29, 1.82) is 0 Å². The monoisotopic (exact) mass is 488 g/mol. The molecule has 3 rings (SSSR count). The van der Waals surface area contributed by atoms with Crippen molar-refractivity contribution in [2.75, 3.05) is 6.54 Å². The van der Waals surface area contributed by atoms with Crippen LogP contribution in [0.4, 0.5) is 0 Å². The fourth-order valence-corrected chi connectivity index (χ4v) is 4.26. The maximum absolute atomic E-state index is 13.5. The van der Waals surface area contributed by atoms with Gasteiger partial charge < -0.3 is 14.2 Å². The van der Waals surface area contributed by atoms with Crippen LogP contribution in [0.1, 0.15) is 79.5 Å². The maximum Gasteiger partial charge on any atom is 0.254 e. The van der Waals surface area contributed by atoms with Gasteiger partial charge in [0.25, 0.3) is 5.91 Å². The van der Waals surface area contributed by atoms with Crippen molar-refractivity contribution in [1.82, 2.24) is 9.80 Å². The Labute approximate surface area is 216 Å². The van der Waals surface area contributed by atoms with Crippen LogP contribution < -0.4 is 0 Å². The number of amides is 2. The lowest BCUT2D eigenvalue weighted by Crippen LogP contribution is -2.45. The summed E-state index contributed by atoms with van der Waals surface area (Å²) in [4.78, 5) is 30.4. The zero-order valence-electron chi connectivity index (χ0n) is 22.2. The van der Waals surface area contributed by atoms with E-state index in [2.05, 4.69) is 6.92 Å². The van der Waals surface area contributed by atoms with E-state index in [9.17, 15) is 9.59 Å². The highest BCUT2D eigenvalue weighted by Crippen LogP contribution is 2.16. The number of rotatable bonds is 13.